The number of rotatable bonds is 8. The third kappa shape index (κ3) is 5.06. The average Bonchev–Trinajstić information content (AvgIpc) is 3.20. The van der Waals surface area contributed by atoms with E-state index in [9.17, 15) is 12.8 Å². The monoisotopic (exact) mass is 509 g/mol. The number of para-hydroxylation sites is 1. The van der Waals surface area contributed by atoms with Crippen molar-refractivity contribution in [2.75, 3.05) is 17.1 Å². The van der Waals surface area contributed by atoms with Crippen molar-refractivity contribution >= 4 is 21.7 Å². The molecule has 36 heavy (non-hydrogen) atoms. The van der Waals surface area contributed by atoms with Gasteiger partial charge in [0.1, 0.15) is 16.5 Å². The summed E-state index contributed by atoms with van der Waals surface area (Å²) < 4.78 is 54.6. The summed E-state index contributed by atoms with van der Waals surface area (Å²) in [5.74, 6) is -0.153. The van der Waals surface area contributed by atoms with E-state index in [1.807, 2.05) is 44.2 Å². The minimum atomic E-state index is -4.20. The summed E-state index contributed by atoms with van der Waals surface area (Å²) in [6.07, 6.45) is 0. The van der Waals surface area contributed by atoms with E-state index in [-0.39, 0.29) is 16.3 Å². The lowest BCUT2D eigenvalue weighted by Crippen LogP contribution is -2.27. The van der Waals surface area contributed by atoms with Crippen molar-refractivity contribution in [1.82, 2.24) is 4.98 Å². The number of ether oxygens (including phenoxy) is 1. The van der Waals surface area contributed by atoms with Crippen molar-refractivity contribution < 1.29 is 22.0 Å². The first-order chi connectivity index (χ1) is 17.0. The van der Waals surface area contributed by atoms with Crippen LogP contribution in [0.25, 0.3) is 11.3 Å². The van der Waals surface area contributed by atoms with Crippen LogP contribution in [0.1, 0.15) is 30.7 Å². The number of hydrogen-bond donors (Lipinski definition) is 2. The number of sulfonamides is 1. The molecule has 0 amide bonds. The van der Waals surface area contributed by atoms with E-state index in [0.29, 0.717) is 28.6 Å². The van der Waals surface area contributed by atoms with Crippen LogP contribution in [0.2, 0.25) is 0 Å². The number of methoxy groups -OCH3 is 1. The number of nitrogens with zero attached hydrogens (tertiary/aromatic N) is 1. The molecule has 0 aliphatic heterocycles. The Morgan fingerprint density at radius 1 is 1.00 bits per heavy atom. The Kier molecular flexibility index (Phi) is 6.77. The Hall–Kier alpha value is -3.85. The maximum Gasteiger partial charge on any atom is 0.296 e. The first kappa shape index (κ1) is 25.2. The highest BCUT2D eigenvalue weighted by atomic mass is 32.2. The standard InChI is InChI=1S/C27H28FN3O4S/c1-17-10-9-13-21(28)24(17)31-36(32,33)23-16-19(14-15-22(23)34-5)25-18(2)29-26(35-25)30-27(3,4)20-11-7-6-8-12-20/h6-16,31H,1-5H3,(H,29,30). The van der Waals surface area contributed by atoms with Gasteiger partial charge in [-0.25, -0.2) is 12.8 Å². The number of oxazole rings is 1. The lowest BCUT2D eigenvalue weighted by molar-refractivity contribution is 0.403. The van der Waals surface area contributed by atoms with Crippen molar-refractivity contribution in [3.8, 4) is 17.1 Å². The molecule has 0 atom stereocenters. The predicted molar refractivity (Wildman–Crippen MR) is 138 cm³/mol. The zero-order valence-electron chi connectivity index (χ0n) is 20.7. The van der Waals surface area contributed by atoms with E-state index in [1.54, 1.807) is 26.0 Å². The fourth-order valence-electron chi connectivity index (χ4n) is 3.89. The summed E-state index contributed by atoms with van der Waals surface area (Å²) >= 11 is 0. The van der Waals surface area contributed by atoms with Crippen LogP contribution < -0.4 is 14.8 Å². The molecule has 3 aromatic carbocycles. The second-order valence-corrected chi connectivity index (χ2v) is 10.6. The number of halogens is 1. The quantitative estimate of drug-likeness (QED) is 0.291. The minimum Gasteiger partial charge on any atom is -0.495 e. The van der Waals surface area contributed by atoms with Gasteiger partial charge in [0.05, 0.1) is 24.0 Å². The molecule has 7 nitrogen and oxygen atoms in total. The van der Waals surface area contributed by atoms with Gasteiger partial charge in [-0.2, -0.15) is 4.98 Å². The van der Waals surface area contributed by atoms with Crippen LogP contribution in [0.15, 0.2) is 76.0 Å². The lowest BCUT2D eigenvalue weighted by atomic mass is 9.95. The van der Waals surface area contributed by atoms with Crippen LogP contribution in [0, 0.1) is 19.7 Å². The summed E-state index contributed by atoms with van der Waals surface area (Å²) in [5.41, 5.74) is 1.98. The highest BCUT2D eigenvalue weighted by molar-refractivity contribution is 7.92. The maximum atomic E-state index is 14.3. The second kappa shape index (κ2) is 9.66. The van der Waals surface area contributed by atoms with E-state index < -0.39 is 21.4 Å². The number of anilines is 2. The summed E-state index contributed by atoms with van der Waals surface area (Å²) in [4.78, 5) is 4.35. The molecule has 188 valence electrons. The van der Waals surface area contributed by atoms with E-state index >= 15 is 0 Å². The van der Waals surface area contributed by atoms with Gasteiger partial charge in [0, 0.05) is 5.56 Å². The van der Waals surface area contributed by atoms with E-state index in [1.165, 1.54) is 31.4 Å². The Bertz CT molecular complexity index is 1480. The number of aromatic nitrogens is 1. The average molecular weight is 510 g/mol. The van der Waals surface area contributed by atoms with E-state index in [0.717, 1.165) is 5.56 Å². The van der Waals surface area contributed by atoms with Crippen molar-refractivity contribution in [1.29, 1.82) is 0 Å². The molecule has 0 aliphatic carbocycles. The molecule has 1 aromatic heterocycles. The van der Waals surface area contributed by atoms with Crippen molar-refractivity contribution in [2.45, 2.75) is 38.1 Å². The molecule has 2 N–H and O–H groups in total. The molecule has 4 aromatic rings. The van der Waals surface area contributed by atoms with Gasteiger partial charge in [-0.15, -0.1) is 0 Å². The zero-order valence-corrected chi connectivity index (χ0v) is 21.5. The number of aryl methyl sites for hydroxylation is 2. The summed E-state index contributed by atoms with van der Waals surface area (Å²) in [6.45, 7) is 7.42. The molecule has 1 heterocycles. The van der Waals surface area contributed by atoms with Crippen LogP contribution in [-0.4, -0.2) is 20.5 Å². The molecular formula is C27H28FN3O4S. The second-order valence-electron chi connectivity index (χ2n) is 8.95. The van der Waals surface area contributed by atoms with Gasteiger partial charge in [-0.3, -0.25) is 4.72 Å². The van der Waals surface area contributed by atoms with Crippen LogP contribution >= 0.6 is 0 Å². The Morgan fingerprint density at radius 2 is 1.72 bits per heavy atom. The Labute approximate surface area is 210 Å². The molecular weight excluding hydrogens is 481 g/mol. The predicted octanol–water partition coefficient (Wildman–Crippen LogP) is 6.25. The molecule has 0 saturated heterocycles. The van der Waals surface area contributed by atoms with Crippen molar-refractivity contribution in [3.05, 3.63) is 89.4 Å². The molecule has 9 heteroatoms. The molecule has 0 aliphatic rings. The number of benzene rings is 3. The smallest absolute Gasteiger partial charge is 0.296 e. The van der Waals surface area contributed by atoms with E-state index in [2.05, 4.69) is 15.0 Å². The molecule has 0 spiro atoms. The molecule has 0 unspecified atom stereocenters. The summed E-state index contributed by atoms with van der Waals surface area (Å²) in [6, 6.07) is 19.2. The van der Waals surface area contributed by atoms with Crippen LogP contribution in [0.3, 0.4) is 0 Å². The molecule has 0 radical (unpaired) electrons. The van der Waals surface area contributed by atoms with Gasteiger partial charge in [0.2, 0.25) is 0 Å². The van der Waals surface area contributed by atoms with Gasteiger partial charge in [-0.05, 0) is 63.1 Å². The zero-order chi connectivity index (χ0) is 26.1. The maximum absolute atomic E-state index is 14.3. The molecule has 0 fully saturated rings. The van der Waals surface area contributed by atoms with Crippen molar-refractivity contribution in [3.63, 3.8) is 0 Å². The van der Waals surface area contributed by atoms with Crippen LogP contribution in [0.5, 0.6) is 5.75 Å². The van der Waals surface area contributed by atoms with E-state index in [4.69, 9.17) is 9.15 Å². The van der Waals surface area contributed by atoms with Crippen LogP contribution in [0.4, 0.5) is 16.1 Å². The topological polar surface area (TPSA) is 93.5 Å². The third-order valence-electron chi connectivity index (χ3n) is 5.89. The lowest BCUT2D eigenvalue weighted by Gasteiger charge is -2.25. The largest absolute Gasteiger partial charge is 0.495 e. The highest BCUT2D eigenvalue weighted by Gasteiger charge is 2.26. The van der Waals surface area contributed by atoms with Crippen molar-refractivity contribution in [2.24, 2.45) is 0 Å². The molecule has 4 rings (SSSR count). The summed E-state index contributed by atoms with van der Waals surface area (Å²) in [5, 5.41) is 3.30. The third-order valence-corrected chi connectivity index (χ3v) is 7.26. The highest BCUT2D eigenvalue weighted by Crippen LogP contribution is 2.35. The van der Waals surface area contributed by atoms with Gasteiger partial charge >= 0.3 is 0 Å². The van der Waals surface area contributed by atoms with Gasteiger partial charge in [0.25, 0.3) is 16.0 Å². The fraction of sp³-hybridized carbons (Fsp3) is 0.222. The van der Waals surface area contributed by atoms with Crippen LogP contribution in [-0.2, 0) is 15.6 Å². The van der Waals surface area contributed by atoms with Gasteiger partial charge in [-0.1, -0.05) is 42.5 Å². The first-order valence-electron chi connectivity index (χ1n) is 11.3. The van der Waals surface area contributed by atoms with Gasteiger partial charge < -0.3 is 14.5 Å². The number of nitrogens with one attached hydrogen (secondary N) is 2. The molecule has 0 saturated carbocycles. The summed E-state index contributed by atoms with van der Waals surface area (Å²) in [7, 11) is -2.82. The SMILES string of the molecule is COc1ccc(-c2oc(NC(C)(C)c3ccccc3)nc2C)cc1S(=O)(=O)Nc1c(C)cccc1F. The Morgan fingerprint density at radius 3 is 2.39 bits per heavy atom. The first-order valence-corrected chi connectivity index (χ1v) is 12.8. The molecule has 0 bridgehead atoms. The normalized spacial score (nSPS) is 11.8. The Balaban J connectivity index is 1.70. The van der Waals surface area contributed by atoms with Gasteiger partial charge in [0.15, 0.2) is 5.76 Å². The fourth-order valence-corrected chi connectivity index (χ4v) is 5.23. The number of hydrogen-bond acceptors (Lipinski definition) is 6. The minimum absolute atomic E-state index is 0.112.